The number of halogens is 2. The number of benzene rings is 3. The quantitative estimate of drug-likeness (QED) is 0.272. The molecule has 0 saturated heterocycles. The lowest BCUT2D eigenvalue weighted by Gasteiger charge is -2.26. The highest BCUT2D eigenvalue weighted by Gasteiger charge is 2.31. The van der Waals surface area contributed by atoms with Gasteiger partial charge in [0.05, 0.1) is 17.0 Å². The smallest absolute Gasteiger partial charge is 0.270 e. The monoisotopic (exact) mass is 520 g/mol. The van der Waals surface area contributed by atoms with Gasteiger partial charge < -0.3 is 4.74 Å². The predicted molar refractivity (Wildman–Crippen MR) is 136 cm³/mol. The number of ether oxygens (including phenoxy) is 1. The van der Waals surface area contributed by atoms with Crippen molar-refractivity contribution in [1.29, 1.82) is 0 Å². The van der Waals surface area contributed by atoms with Crippen LogP contribution >= 0.6 is 11.6 Å². The topological polar surface area (TPSA) is 85.3 Å². The Bertz CT molecular complexity index is 1680. The summed E-state index contributed by atoms with van der Waals surface area (Å²) < 4.78 is 48.6. The molecule has 0 radical (unpaired) electrons. The average molecular weight is 521 g/mol. The van der Waals surface area contributed by atoms with Crippen LogP contribution in [-0.2, 0) is 10.0 Å². The molecule has 180 valence electrons. The van der Waals surface area contributed by atoms with Gasteiger partial charge >= 0.3 is 0 Å². The molecule has 0 atom stereocenters. The number of fused-ring (bicyclic) bond motifs is 1. The Balaban J connectivity index is 1.72. The minimum atomic E-state index is -4.21. The van der Waals surface area contributed by atoms with E-state index < -0.39 is 15.8 Å². The molecule has 0 unspecified atom stereocenters. The van der Waals surface area contributed by atoms with Gasteiger partial charge in [0.2, 0.25) is 0 Å². The number of sulfonamides is 1. The maximum absolute atomic E-state index is 14.1. The van der Waals surface area contributed by atoms with Gasteiger partial charge in [0.25, 0.3) is 10.0 Å². The van der Waals surface area contributed by atoms with E-state index in [9.17, 15) is 12.8 Å². The lowest BCUT2D eigenvalue weighted by molar-refractivity contribution is 0.416. The van der Waals surface area contributed by atoms with Gasteiger partial charge in [0, 0.05) is 35.6 Å². The highest BCUT2D eigenvalue weighted by atomic mass is 35.5. The Kier molecular flexibility index (Phi) is 6.26. The van der Waals surface area contributed by atoms with E-state index in [0.717, 1.165) is 9.69 Å². The zero-order valence-electron chi connectivity index (χ0n) is 18.8. The van der Waals surface area contributed by atoms with E-state index in [-0.39, 0.29) is 27.2 Å². The number of methoxy groups -OCH3 is 1. The standard InChI is InChI=1S/C26H18ClFN4O3S/c1-35-25-13-22(18-3-2-4-20(28)11-18)23(27)14-24(25)32(26-8-10-30-16-31-26)36(33,34)21-6-5-19-15-29-9-7-17(19)12-21/h2-16H,1H3. The van der Waals surface area contributed by atoms with Crippen molar-refractivity contribution in [2.45, 2.75) is 4.90 Å². The van der Waals surface area contributed by atoms with Crippen molar-refractivity contribution in [3.8, 4) is 16.9 Å². The number of nitrogens with zero attached hydrogens (tertiary/aromatic N) is 4. The summed E-state index contributed by atoms with van der Waals surface area (Å²) in [6.07, 6.45) is 5.93. The fourth-order valence-electron chi connectivity index (χ4n) is 3.85. The van der Waals surface area contributed by atoms with E-state index >= 15 is 0 Å². The van der Waals surface area contributed by atoms with E-state index in [2.05, 4.69) is 15.0 Å². The van der Waals surface area contributed by atoms with E-state index in [1.165, 1.54) is 50.0 Å². The van der Waals surface area contributed by atoms with Crippen LogP contribution in [0.15, 0.2) is 96.5 Å². The Labute approximate surface area is 211 Å². The van der Waals surface area contributed by atoms with Gasteiger partial charge in [-0.2, -0.15) is 0 Å². The summed E-state index contributed by atoms with van der Waals surface area (Å²) in [6, 6.07) is 16.9. The van der Waals surface area contributed by atoms with Gasteiger partial charge in [-0.15, -0.1) is 0 Å². The van der Waals surface area contributed by atoms with Crippen molar-refractivity contribution in [3.05, 3.63) is 102 Å². The Morgan fingerprint density at radius 2 is 1.78 bits per heavy atom. The molecular weight excluding hydrogens is 503 g/mol. The van der Waals surface area contributed by atoms with Crippen LogP contribution in [0.1, 0.15) is 0 Å². The average Bonchev–Trinajstić information content (AvgIpc) is 2.89. The van der Waals surface area contributed by atoms with Crippen molar-refractivity contribution in [2.75, 3.05) is 11.4 Å². The minimum Gasteiger partial charge on any atom is -0.495 e. The molecule has 0 amide bonds. The largest absolute Gasteiger partial charge is 0.495 e. The molecule has 0 spiro atoms. The summed E-state index contributed by atoms with van der Waals surface area (Å²) >= 11 is 6.61. The van der Waals surface area contributed by atoms with Crippen molar-refractivity contribution in [2.24, 2.45) is 0 Å². The third kappa shape index (κ3) is 4.34. The summed E-state index contributed by atoms with van der Waals surface area (Å²) in [5.41, 5.74) is 1.13. The zero-order chi connectivity index (χ0) is 25.3. The fourth-order valence-corrected chi connectivity index (χ4v) is 5.60. The van der Waals surface area contributed by atoms with Gasteiger partial charge in [-0.25, -0.2) is 27.1 Å². The number of aromatic nitrogens is 3. The summed E-state index contributed by atoms with van der Waals surface area (Å²) in [7, 11) is -2.80. The first-order valence-electron chi connectivity index (χ1n) is 10.7. The molecule has 0 saturated carbocycles. The molecule has 0 aliphatic heterocycles. The Morgan fingerprint density at radius 1 is 0.944 bits per heavy atom. The van der Waals surface area contributed by atoms with Crippen LogP contribution in [-0.4, -0.2) is 30.5 Å². The molecule has 0 N–H and O–H groups in total. The molecule has 0 fully saturated rings. The highest BCUT2D eigenvalue weighted by Crippen LogP contribution is 2.43. The number of anilines is 2. The minimum absolute atomic E-state index is 0.0344. The molecule has 2 heterocycles. The van der Waals surface area contributed by atoms with Crippen LogP contribution in [0.25, 0.3) is 21.9 Å². The van der Waals surface area contributed by atoms with Gasteiger partial charge in [-0.3, -0.25) is 4.98 Å². The molecule has 3 aromatic carbocycles. The van der Waals surface area contributed by atoms with E-state index in [4.69, 9.17) is 16.3 Å². The Hall–Kier alpha value is -4.08. The highest BCUT2D eigenvalue weighted by molar-refractivity contribution is 7.93. The third-order valence-corrected chi connectivity index (χ3v) is 7.57. The fraction of sp³-hybridized carbons (Fsp3) is 0.0385. The normalized spacial score (nSPS) is 11.4. The Morgan fingerprint density at radius 3 is 2.53 bits per heavy atom. The second kappa shape index (κ2) is 9.52. The van der Waals surface area contributed by atoms with Gasteiger partial charge in [0.1, 0.15) is 23.6 Å². The van der Waals surface area contributed by atoms with Gasteiger partial charge in [-0.05, 0) is 53.4 Å². The zero-order valence-corrected chi connectivity index (χ0v) is 20.4. The lowest BCUT2D eigenvalue weighted by Crippen LogP contribution is -2.27. The molecule has 2 aromatic heterocycles. The van der Waals surface area contributed by atoms with Crippen molar-refractivity contribution in [1.82, 2.24) is 15.0 Å². The first kappa shape index (κ1) is 23.7. The van der Waals surface area contributed by atoms with E-state index in [1.54, 1.807) is 48.8 Å². The molecule has 36 heavy (non-hydrogen) atoms. The number of hydrogen-bond acceptors (Lipinski definition) is 6. The van der Waals surface area contributed by atoms with Gasteiger partial charge in [-0.1, -0.05) is 29.8 Å². The van der Waals surface area contributed by atoms with Crippen LogP contribution in [0, 0.1) is 5.82 Å². The van der Waals surface area contributed by atoms with Crippen LogP contribution < -0.4 is 9.04 Å². The molecule has 10 heteroatoms. The number of pyridine rings is 1. The van der Waals surface area contributed by atoms with Crippen LogP contribution in [0.5, 0.6) is 5.75 Å². The van der Waals surface area contributed by atoms with E-state index in [1.807, 2.05) is 0 Å². The molecule has 0 bridgehead atoms. The summed E-state index contributed by atoms with van der Waals surface area (Å²) in [6.45, 7) is 0. The summed E-state index contributed by atoms with van der Waals surface area (Å²) in [5.74, 6) is -0.137. The molecule has 7 nitrogen and oxygen atoms in total. The third-order valence-electron chi connectivity index (χ3n) is 5.55. The number of rotatable bonds is 6. The summed E-state index contributed by atoms with van der Waals surface area (Å²) in [5, 5.41) is 1.71. The summed E-state index contributed by atoms with van der Waals surface area (Å²) in [4.78, 5) is 12.2. The molecule has 5 aromatic rings. The maximum atomic E-state index is 14.1. The SMILES string of the molecule is COc1cc(-c2cccc(F)c2)c(Cl)cc1N(c1ccncn1)S(=O)(=O)c1ccc2cnccc2c1. The first-order valence-corrected chi connectivity index (χ1v) is 12.5. The van der Waals surface area contributed by atoms with Crippen molar-refractivity contribution >= 4 is 43.9 Å². The van der Waals surface area contributed by atoms with Crippen LogP contribution in [0.2, 0.25) is 5.02 Å². The van der Waals surface area contributed by atoms with Crippen molar-refractivity contribution < 1.29 is 17.5 Å². The molecule has 0 aliphatic carbocycles. The van der Waals surface area contributed by atoms with Crippen LogP contribution in [0.4, 0.5) is 15.9 Å². The van der Waals surface area contributed by atoms with E-state index in [0.29, 0.717) is 16.5 Å². The van der Waals surface area contributed by atoms with Crippen LogP contribution in [0.3, 0.4) is 0 Å². The first-order chi connectivity index (χ1) is 17.4. The van der Waals surface area contributed by atoms with Gasteiger partial charge in [0.15, 0.2) is 5.82 Å². The maximum Gasteiger partial charge on any atom is 0.270 e. The lowest BCUT2D eigenvalue weighted by atomic mass is 10.0. The molecule has 5 rings (SSSR count). The second-order valence-electron chi connectivity index (χ2n) is 7.74. The van der Waals surface area contributed by atoms with Crippen molar-refractivity contribution in [3.63, 3.8) is 0 Å². The molecule has 0 aliphatic rings. The predicted octanol–water partition coefficient (Wildman–Crippen LogP) is 6.02. The molecular formula is C26H18ClFN4O3S. The number of hydrogen-bond donors (Lipinski definition) is 0. The second-order valence-corrected chi connectivity index (χ2v) is 9.93.